The number of nitrogens with one attached hydrogen (secondary N) is 1. The van der Waals surface area contributed by atoms with E-state index in [1.807, 2.05) is 0 Å². The van der Waals surface area contributed by atoms with Crippen LogP contribution >= 0.6 is 0 Å². The molecule has 5 rings (SSSR count). The molecule has 3 aromatic heterocycles. The Morgan fingerprint density at radius 2 is 1.13 bits per heavy atom. The zero-order chi connectivity index (χ0) is 32.5. The fourth-order valence-corrected chi connectivity index (χ4v) is 4.20. The van der Waals surface area contributed by atoms with Crippen molar-refractivity contribution in [2.45, 2.75) is 31.5 Å². The number of carbonyl (C=O) groups is 1. The molecule has 0 saturated carbocycles. The lowest BCUT2D eigenvalue weighted by atomic mass is 10.1. The van der Waals surface area contributed by atoms with E-state index in [4.69, 9.17) is 0 Å². The second kappa shape index (κ2) is 12.1. The Bertz CT molecular complexity index is 1680. The van der Waals surface area contributed by atoms with Crippen molar-refractivity contribution in [3.8, 4) is 34.2 Å². The highest BCUT2D eigenvalue weighted by Crippen LogP contribution is 2.34. The van der Waals surface area contributed by atoms with Crippen LogP contribution in [-0.4, -0.2) is 70.0 Å². The molecule has 5 aromatic rings. The predicted molar refractivity (Wildman–Crippen MR) is 145 cm³/mol. The number of pyridine rings is 1. The molecular weight excluding hydrogens is 610 g/mol. The number of alkyl halides is 6. The second-order valence-electron chi connectivity index (χ2n) is 9.65. The van der Waals surface area contributed by atoms with Gasteiger partial charge < -0.3 is 15.5 Å². The summed E-state index contributed by atoms with van der Waals surface area (Å²) in [7, 11) is 0. The fraction of sp³-hybridized carbons (Fsp3) is 0.214. The van der Waals surface area contributed by atoms with E-state index in [-0.39, 0.29) is 39.5 Å². The molecule has 0 aliphatic heterocycles. The first-order chi connectivity index (χ1) is 21.2. The van der Waals surface area contributed by atoms with Crippen molar-refractivity contribution < 1.29 is 41.4 Å². The van der Waals surface area contributed by atoms with Crippen molar-refractivity contribution in [3.05, 3.63) is 89.7 Å². The van der Waals surface area contributed by atoms with E-state index >= 15 is 0 Å². The molecule has 3 N–H and O–H groups in total. The molecule has 0 radical (unpaired) electrons. The molecule has 0 spiro atoms. The van der Waals surface area contributed by atoms with Crippen LogP contribution in [0.25, 0.3) is 34.2 Å². The molecule has 0 saturated heterocycles. The Balaban J connectivity index is 1.45. The van der Waals surface area contributed by atoms with Crippen LogP contribution in [0.15, 0.2) is 73.1 Å². The van der Waals surface area contributed by atoms with Crippen LogP contribution < -0.4 is 5.32 Å². The first-order valence-electron chi connectivity index (χ1n) is 13.1. The number of carbonyl (C=O) groups excluding carboxylic acids is 1. The molecule has 11 nitrogen and oxygen atoms in total. The van der Waals surface area contributed by atoms with Crippen molar-refractivity contribution in [1.29, 1.82) is 0 Å². The lowest BCUT2D eigenvalue weighted by Gasteiger charge is -2.14. The van der Waals surface area contributed by atoms with Crippen LogP contribution in [0.4, 0.5) is 26.3 Å². The first kappa shape index (κ1) is 31.3. The minimum atomic E-state index is -4.82. The van der Waals surface area contributed by atoms with Crippen molar-refractivity contribution in [3.63, 3.8) is 0 Å². The van der Waals surface area contributed by atoms with Crippen LogP contribution in [0, 0.1) is 0 Å². The molecule has 2 atom stereocenters. The summed E-state index contributed by atoms with van der Waals surface area (Å²) in [6.07, 6.45) is -12.0. The van der Waals surface area contributed by atoms with Gasteiger partial charge in [0.05, 0.1) is 35.2 Å². The number of aliphatic hydroxyl groups excluding tert-OH is 2. The van der Waals surface area contributed by atoms with E-state index in [9.17, 15) is 41.4 Å². The molecule has 3 heterocycles. The number of aliphatic hydroxyl groups is 2. The van der Waals surface area contributed by atoms with Crippen LogP contribution in [0.2, 0.25) is 0 Å². The molecule has 234 valence electrons. The fourth-order valence-electron chi connectivity index (χ4n) is 4.20. The van der Waals surface area contributed by atoms with Crippen molar-refractivity contribution in [2.24, 2.45) is 0 Å². The molecule has 0 bridgehead atoms. The summed E-state index contributed by atoms with van der Waals surface area (Å²) >= 11 is 0. The highest BCUT2D eigenvalue weighted by Gasteiger charge is 2.40. The summed E-state index contributed by atoms with van der Waals surface area (Å²) in [5, 5.41) is 37.8. The lowest BCUT2D eigenvalue weighted by Crippen LogP contribution is -2.22. The number of aromatic nitrogens is 7. The van der Waals surface area contributed by atoms with Gasteiger partial charge in [0.2, 0.25) is 0 Å². The molecule has 0 aliphatic rings. The second-order valence-corrected chi connectivity index (χ2v) is 9.65. The van der Waals surface area contributed by atoms with Crippen molar-refractivity contribution in [1.82, 2.24) is 40.3 Å². The van der Waals surface area contributed by atoms with Gasteiger partial charge in [0.25, 0.3) is 5.91 Å². The van der Waals surface area contributed by atoms with Crippen LogP contribution in [0.5, 0.6) is 0 Å². The van der Waals surface area contributed by atoms with E-state index in [1.165, 1.54) is 58.2 Å². The zero-order valence-electron chi connectivity index (χ0n) is 23.0. The monoisotopic (exact) mass is 632 g/mol. The van der Waals surface area contributed by atoms with Gasteiger partial charge in [0.15, 0.2) is 12.2 Å². The standard InChI is InChI=1S/C28H22F6N8O3/c1-2-35-26(45)17-11-20(22-13-41(39-37-22)18-7-3-15(4-8-18)24(43)27(29,30)31)36-21(12-17)23-14-42(40-38-23)19-9-5-16(6-10-19)25(44)28(32,33)34/h3-14,24-25,43-44H,2H2,1H3,(H,35,45). The molecule has 17 heteroatoms. The summed E-state index contributed by atoms with van der Waals surface area (Å²) in [5.41, 5.74) is 0.962. The Kier molecular flexibility index (Phi) is 8.40. The van der Waals surface area contributed by atoms with E-state index in [0.29, 0.717) is 17.9 Å². The van der Waals surface area contributed by atoms with Crippen LogP contribution in [0.1, 0.15) is 40.6 Å². The topological polar surface area (TPSA) is 144 Å². The number of nitrogens with zero attached hydrogens (tertiary/aromatic N) is 7. The zero-order valence-corrected chi connectivity index (χ0v) is 23.0. The number of benzene rings is 2. The Morgan fingerprint density at radius 3 is 1.49 bits per heavy atom. The highest BCUT2D eigenvalue weighted by atomic mass is 19.4. The lowest BCUT2D eigenvalue weighted by molar-refractivity contribution is -0.207. The number of halogens is 6. The summed E-state index contributed by atoms with van der Waals surface area (Å²) in [6, 6.07) is 12.6. The molecule has 1 amide bonds. The Labute approximate surface area is 249 Å². The third-order valence-electron chi connectivity index (χ3n) is 6.50. The van der Waals surface area contributed by atoms with Gasteiger partial charge >= 0.3 is 12.4 Å². The van der Waals surface area contributed by atoms with Gasteiger partial charge in [0.1, 0.15) is 11.4 Å². The van der Waals surface area contributed by atoms with Crippen molar-refractivity contribution in [2.75, 3.05) is 6.54 Å². The SMILES string of the molecule is CCNC(=O)c1cc(-c2cn(-c3ccc(C(O)C(F)(F)F)cc3)nn2)nc(-c2cn(-c3ccc(C(O)C(F)(F)F)cc3)nn2)c1. The average molecular weight is 633 g/mol. The first-order valence-corrected chi connectivity index (χ1v) is 13.1. The average Bonchev–Trinajstić information content (AvgIpc) is 3.71. The molecule has 2 unspecified atom stereocenters. The Hall–Kier alpha value is -5.16. The van der Waals surface area contributed by atoms with Gasteiger partial charge in [-0.1, -0.05) is 34.7 Å². The van der Waals surface area contributed by atoms with Gasteiger partial charge in [-0.3, -0.25) is 4.79 Å². The Morgan fingerprint density at radius 1 is 0.733 bits per heavy atom. The largest absolute Gasteiger partial charge is 0.418 e. The van der Waals surface area contributed by atoms with Gasteiger partial charge in [0, 0.05) is 12.1 Å². The molecule has 0 fully saturated rings. The van der Waals surface area contributed by atoms with Gasteiger partial charge in [-0.2, -0.15) is 26.3 Å². The summed E-state index contributed by atoms with van der Waals surface area (Å²) in [5.74, 6) is -0.431. The van der Waals surface area contributed by atoms with E-state index in [0.717, 1.165) is 24.3 Å². The molecule has 2 aromatic carbocycles. The maximum atomic E-state index is 12.8. The van der Waals surface area contributed by atoms with E-state index in [1.54, 1.807) is 6.92 Å². The highest BCUT2D eigenvalue weighted by molar-refractivity contribution is 5.96. The summed E-state index contributed by atoms with van der Waals surface area (Å²) in [6.45, 7) is 2.06. The predicted octanol–water partition coefficient (Wildman–Crippen LogP) is 4.52. The maximum Gasteiger partial charge on any atom is 0.418 e. The van der Waals surface area contributed by atoms with Crippen LogP contribution in [-0.2, 0) is 0 Å². The molecular formula is C28H22F6N8O3. The number of amides is 1. The third-order valence-corrected chi connectivity index (χ3v) is 6.50. The van der Waals surface area contributed by atoms with E-state index < -0.39 is 30.5 Å². The summed E-state index contributed by atoms with van der Waals surface area (Å²) in [4.78, 5) is 17.3. The number of hydrogen-bond donors (Lipinski definition) is 3. The van der Waals surface area contributed by atoms with Gasteiger partial charge in [-0.05, 0) is 54.4 Å². The number of hydrogen-bond acceptors (Lipinski definition) is 8. The normalized spacial score (nSPS) is 13.4. The minimum Gasteiger partial charge on any atom is -0.379 e. The third kappa shape index (κ3) is 6.83. The number of rotatable bonds is 8. The maximum absolute atomic E-state index is 12.8. The summed E-state index contributed by atoms with van der Waals surface area (Å²) < 4.78 is 79.6. The quantitative estimate of drug-likeness (QED) is 0.212. The van der Waals surface area contributed by atoms with Crippen molar-refractivity contribution >= 4 is 5.91 Å². The van der Waals surface area contributed by atoms with Crippen LogP contribution in [0.3, 0.4) is 0 Å². The van der Waals surface area contributed by atoms with E-state index in [2.05, 4.69) is 30.9 Å². The van der Waals surface area contributed by atoms with Gasteiger partial charge in [-0.15, -0.1) is 10.2 Å². The minimum absolute atomic E-state index is 0.192. The molecule has 0 aliphatic carbocycles. The van der Waals surface area contributed by atoms with Gasteiger partial charge in [-0.25, -0.2) is 14.3 Å². The smallest absolute Gasteiger partial charge is 0.379 e. The molecule has 45 heavy (non-hydrogen) atoms.